The summed E-state index contributed by atoms with van der Waals surface area (Å²) in [6.45, 7) is 4.72. The molecule has 0 N–H and O–H groups in total. The van der Waals surface area contributed by atoms with Crippen molar-refractivity contribution in [2.45, 2.75) is 83.3 Å². The van der Waals surface area contributed by atoms with E-state index in [9.17, 15) is 4.79 Å². The highest BCUT2D eigenvalue weighted by Gasteiger charge is 2.70. The van der Waals surface area contributed by atoms with E-state index in [-0.39, 0.29) is 16.4 Å². The van der Waals surface area contributed by atoms with Gasteiger partial charge in [-0.05, 0) is 69.1 Å². The Kier molecular flexibility index (Phi) is 2.64. The summed E-state index contributed by atoms with van der Waals surface area (Å²) >= 11 is 0. The minimum Gasteiger partial charge on any atom is -0.299 e. The van der Waals surface area contributed by atoms with Crippen LogP contribution < -0.4 is 0 Å². The van der Waals surface area contributed by atoms with Crippen molar-refractivity contribution in [3.63, 3.8) is 0 Å². The smallest absolute Gasteiger partial charge is 0.139 e. The normalized spacial score (nSPS) is 59.8. The van der Waals surface area contributed by atoms with Gasteiger partial charge < -0.3 is 0 Å². The molecular formula is C19H28O3. The van der Waals surface area contributed by atoms with Gasteiger partial charge in [-0.3, -0.25) is 4.79 Å². The van der Waals surface area contributed by atoms with Gasteiger partial charge in [0.1, 0.15) is 11.4 Å². The topological polar surface area (TPSA) is 35.5 Å². The van der Waals surface area contributed by atoms with Crippen LogP contribution in [-0.2, 0) is 14.6 Å². The molecule has 6 rings (SSSR count). The average Bonchev–Trinajstić information content (AvgIpc) is 2.71. The lowest BCUT2D eigenvalue weighted by Gasteiger charge is -2.63. The second-order valence-electron chi connectivity index (χ2n) is 9.25. The van der Waals surface area contributed by atoms with Crippen LogP contribution in [0.2, 0.25) is 0 Å². The zero-order valence-electron chi connectivity index (χ0n) is 13.9. The van der Waals surface area contributed by atoms with Crippen molar-refractivity contribution in [3.8, 4) is 0 Å². The maximum absolute atomic E-state index is 12.5. The molecule has 4 aliphatic carbocycles. The quantitative estimate of drug-likeness (QED) is 0.633. The Labute approximate surface area is 133 Å². The van der Waals surface area contributed by atoms with Crippen LogP contribution in [-0.4, -0.2) is 17.5 Å². The lowest BCUT2D eigenvalue weighted by molar-refractivity contribution is -0.412. The van der Waals surface area contributed by atoms with Crippen molar-refractivity contribution in [2.75, 3.05) is 0 Å². The lowest BCUT2D eigenvalue weighted by Crippen LogP contribution is -2.64. The molecule has 122 valence electrons. The van der Waals surface area contributed by atoms with Crippen molar-refractivity contribution in [3.05, 3.63) is 0 Å². The molecule has 1 spiro atoms. The fraction of sp³-hybridized carbons (Fsp3) is 0.947. The summed E-state index contributed by atoms with van der Waals surface area (Å²) in [6.07, 6.45) is 10.3. The van der Waals surface area contributed by atoms with E-state index in [1.165, 1.54) is 25.7 Å². The summed E-state index contributed by atoms with van der Waals surface area (Å²) < 4.78 is 0. The molecule has 2 aliphatic heterocycles. The monoisotopic (exact) mass is 304 g/mol. The zero-order valence-corrected chi connectivity index (χ0v) is 13.9. The van der Waals surface area contributed by atoms with E-state index in [0.29, 0.717) is 23.7 Å². The first-order valence-electron chi connectivity index (χ1n) is 9.37. The molecule has 4 saturated carbocycles. The highest BCUT2D eigenvalue weighted by molar-refractivity contribution is 5.87. The maximum atomic E-state index is 12.5. The molecular weight excluding hydrogens is 276 g/mol. The van der Waals surface area contributed by atoms with E-state index in [0.717, 1.165) is 38.0 Å². The minimum absolute atomic E-state index is 0.0766. The number of fused-ring (bicyclic) bond motifs is 4. The van der Waals surface area contributed by atoms with Crippen LogP contribution >= 0.6 is 0 Å². The Morgan fingerprint density at radius 3 is 2.73 bits per heavy atom. The van der Waals surface area contributed by atoms with Gasteiger partial charge in [0.25, 0.3) is 0 Å². The van der Waals surface area contributed by atoms with Gasteiger partial charge in [0.15, 0.2) is 0 Å². The molecule has 0 aromatic carbocycles. The van der Waals surface area contributed by atoms with E-state index in [1.807, 2.05) is 0 Å². The molecule has 2 saturated heterocycles. The molecule has 0 amide bonds. The molecule has 3 nitrogen and oxygen atoms in total. The Morgan fingerprint density at radius 1 is 1.00 bits per heavy atom. The predicted molar refractivity (Wildman–Crippen MR) is 81.9 cm³/mol. The van der Waals surface area contributed by atoms with Crippen molar-refractivity contribution in [1.82, 2.24) is 0 Å². The lowest BCUT2D eigenvalue weighted by atomic mass is 9.43. The standard InChI is InChI=1S/C19H28O3/c1-17-9-10-19-15(14(17)5-6-16(17)20)4-3-12-11-13(21-22-19)7-8-18(12,19)2/h12-15H,3-11H2,1-2H3/t12-,13-,14?,15?,17+,18+,19-/m1/s1. The maximum Gasteiger partial charge on any atom is 0.139 e. The Balaban J connectivity index is 1.62. The number of carbonyl (C=O) groups is 1. The number of hydrogen-bond acceptors (Lipinski definition) is 3. The molecule has 0 aromatic rings. The molecule has 22 heavy (non-hydrogen) atoms. The number of Topliss-reactive ketones (excluding diaryl/α,β-unsaturated/α-hetero) is 1. The van der Waals surface area contributed by atoms with Gasteiger partial charge in [-0.2, -0.15) is 0 Å². The number of hydrogen-bond donors (Lipinski definition) is 0. The molecule has 2 heterocycles. The van der Waals surface area contributed by atoms with Crippen molar-refractivity contribution in [2.24, 2.45) is 28.6 Å². The molecule has 6 fully saturated rings. The van der Waals surface area contributed by atoms with Gasteiger partial charge >= 0.3 is 0 Å². The third kappa shape index (κ3) is 1.40. The third-order valence-corrected chi connectivity index (χ3v) is 8.80. The van der Waals surface area contributed by atoms with E-state index in [4.69, 9.17) is 9.78 Å². The molecule has 3 heteroatoms. The Morgan fingerprint density at radius 2 is 1.86 bits per heavy atom. The van der Waals surface area contributed by atoms with Gasteiger partial charge in [-0.15, -0.1) is 0 Å². The van der Waals surface area contributed by atoms with Crippen molar-refractivity contribution in [1.29, 1.82) is 0 Å². The number of rotatable bonds is 0. The Bertz CT molecular complexity index is 531. The molecule has 7 atom stereocenters. The van der Waals surface area contributed by atoms with Crippen LogP contribution in [0.3, 0.4) is 0 Å². The fourth-order valence-corrected chi connectivity index (χ4v) is 7.34. The van der Waals surface area contributed by atoms with Crippen LogP contribution in [0.5, 0.6) is 0 Å². The van der Waals surface area contributed by atoms with Crippen LogP contribution in [0.1, 0.15) is 71.6 Å². The second-order valence-corrected chi connectivity index (χ2v) is 9.25. The van der Waals surface area contributed by atoms with Crippen molar-refractivity contribution >= 4 is 5.78 Å². The van der Waals surface area contributed by atoms with Crippen LogP contribution in [0.4, 0.5) is 0 Å². The van der Waals surface area contributed by atoms with Crippen LogP contribution in [0.25, 0.3) is 0 Å². The Hall–Kier alpha value is -0.410. The largest absolute Gasteiger partial charge is 0.299 e. The van der Waals surface area contributed by atoms with E-state index >= 15 is 0 Å². The number of carbonyl (C=O) groups excluding carboxylic acids is 1. The van der Waals surface area contributed by atoms with Crippen LogP contribution in [0.15, 0.2) is 0 Å². The van der Waals surface area contributed by atoms with Gasteiger partial charge in [0.2, 0.25) is 0 Å². The van der Waals surface area contributed by atoms with Gasteiger partial charge in [0, 0.05) is 17.3 Å². The summed E-state index contributed by atoms with van der Waals surface area (Å²) in [7, 11) is 0. The zero-order chi connectivity index (χ0) is 15.2. The second kappa shape index (κ2) is 4.16. The minimum atomic E-state index is -0.115. The molecule has 6 aliphatic rings. The highest BCUT2D eigenvalue weighted by atomic mass is 17.2. The van der Waals surface area contributed by atoms with Gasteiger partial charge in [0.05, 0.1) is 6.10 Å². The predicted octanol–water partition coefficient (Wildman–Crippen LogP) is 4.05. The summed E-state index contributed by atoms with van der Waals surface area (Å²) in [5.74, 6) is 2.31. The molecule has 0 aromatic heterocycles. The average molecular weight is 304 g/mol. The summed E-state index contributed by atoms with van der Waals surface area (Å²) in [4.78, 5) is 24.8. The van der Waals surface area contributed by atoms with Gasteiger partial charge in [-0.25, -0.2) is 9.78 Å². The molecule has 4 bridgehead atoms. The van der Waals surface area contributed by atoms with E-state index in [1.54, 1.807) is 0 Å². The fourth-order valence-electron chi connectivity index (χ4n) is 7.34. The number of ketones is 1. The first kappa shape index (κ1) is 14.0. The highest BCUT2D eigenvalue weighted by Crippen LogP contribution is 2.69. The summed E-state index contributed by atoms with van der Waals surface area (Å²) in [5, 5.41) is 0. The van der Waals surface area contributed by atoms with Crippen molar-refractivity contribution < 1.29 is 14.6 Å². The SMILES string of the molecule is C[C@]12CC[C@@H]3C[C@H]1CCC1C4CCC(=O)[C@@]4(C)CC[C@@]12OO3. The van der Waals surface area contributed by atoms with E-state index < -0.39 is 0 Å². The first-order valence-corrected chi connectivity index (χ1v) is 9.37. The molecule has 2 unspecified atom stereocenters. The summed E-state index contributed by atoms with van der Waals surface area (Å²) in [6, 6.07) is 0. The first-order chi connectivity index (χ1) is 10.5. The van der Waals surface area contributed by atoms with Gasteiger partial charge in [-0.1, -0.05) is 13.8 Å². The summed E-state index contributed by atoms with van der Waals surface area (Å²) in [5.41, 5.74) is 0.0681. The van der Waals surface area contributed by atoms with Crippen LogP contribution in [0, 0.1) is 28.6 Å². The van der Waals surface area contributed by atoms with E-state index in [2.05, 4.69) is 13.8 Å². The molecule has 0 radical (unpaired) electrons. The third-order valence-electron chi connectivity index (χ3n) is 8.80.